The highest BCUT2D eigenvalue weighted by molar-refractivity contribution is 7.14. The summed E-state index contributed by atoms with van der Waals surface area (Å²) in [6.07, 6.45) is 0.400. The lowest BCUT2D eigenvalue weighted by Crippen LogP contribution is -2.85. The maximum absolute atomic E-state index is 12.2. The van der Waals surface area contributed by atoms with Crippen molar-refractivity contribution in [2.24, 2.45) is 0 Å². The van der Waals surface area contributed by atoms with Gasteiger partial charge in [0.25, 0.3) is 0 Å². The average molecular weight is 369 g/mol. The van der Waals surface area contributed by atoms with Gasteiger partial charge in [0.15, 0.2) is 0 Å². The number of anilines is 1. The number of nitrogens with zero attached hydrogens (tertiary/aromatic N) is 1. The summed E-state index contributed by atoms with van der Waals surface area (Å²) < 4.78 is 0. The van der Waals surface area contributed by atoms with Gasteiger partial charge in [-0.2, -0.15) is 5.26 Å². The monoisotopic (exact) mass is 368 g/mol. The van der Waals surface area contributed by atoms with E-state index in [4.69, 9.17) is 5.26 Å². The summed E-state index contributed by atoms with van der Waals surface area (Å²) in [7, 11) is 0. The second kappa shape index (κ2) is 8.58. The van der Waals surface area contributed by atoms with Crippen LogP contribution >= 0.6 is 22.7 Å². The van der Waals surface area contributed by atoms with Crippen LogP contribution in [0.15, 0.2) is 59.3 Å². The Bertz CT molecular complexity index is 850. The molecule has 126 valence electrons. The van der Waals surface area contributed by atoms with Crippen LogP contribution < -0.4 is 10.6 Å². The molecule has 25 heavy (non-hydrogen) atoms. The molecule has 0 aliphatic carbocycles. The normalized spacial score (nSPS) is 11.6. The Balaban J connectivity index is 1.59. The molecule has 0 fully saturated rings. The maximum Gasteiger partial charge on any atom is 0.230 e. The number of nitrogens with two attached hydrogens (primary N) is 1. The second-order valence-corrected chi connectivity index (χ2v) is 7.40. The zero-order valence-electron chi connectivity index (χ0n) is 13.5. The number of rotatable bonds is 7. The van der Waals surface area contributed by atoms with Gasteiger partial charge in [-0.25, -0.2) is 0 Å². The number of benzene rings is 1. The minimum absolute atomic E-state index is 0.0619. The lowest BCUT2D eigenvalue weighted by atomic mass is 10.1. The molecule has 6 heteroatoms. The minimum atomic E-state index is -0.0619. The molecule has 0 bridgehead atoms. The van der Waals surface area contributed by atoms with E-state index in [1.807, 2.05) is 23.6 Å². The molecule has 0 saturated heterocycles. The van der Waals surface area contributed by atoms with Gasteiger partial charge in [-0.15, -0.1) is 22.7 Å². The standard InChI is InChI=1S/C19H17N3OS2/c20-13-15-9-12-25-19(15)22-17(23)8-10-21-18(16-7-4-11-24-16)14-5-2-1-3-6-14/h1-7,9,11-12,18,21H,8,10H2,(H,22,23)/p+1/t18-/m1/s1. The van der Waals surface area contributed by atoms with Gasteiger partial charge in [0.1, 0.15) is 17.1 Å². The van der Waals surface area contributed by atoms with E-state index in [2.05, 4.69) is 46.3 Å². The molecular formula is C19H18N3OS2+. The first-order valence-electron chi connectivity index (χ1n) is 7.97. The molecule has 3 rings (SSSR count). The van der Waals surface area contributed by atoms with Crippen molar-refractivity contribution in [1.82, 2.24) is 0 Å². The van der Waals surface area contributed by atoms with Crippen LogP contribution in [0.3, 0.4) is 0 Å². The van der Waals surface area contributed by atoms with Crippen molar-refractivity contribution in [2.75, 3.05) is 11.9 Å². The fraction of sp³-hybridized carbons (Fsp3) is 0.158. The Labute approximate surface area is 154 Å². The third-order valence-electron chi connectivity index (χ3n) is 3.82. The quantitative estimate of drug-likeness (QED) is 0.671. The van der Waals surface area contributed by atoms with E-state index in [1.165, 1.54) is 21.8 Å². The highest BCUT2D eigenvalue weighted by atomic mass is 32.1. The number of quaternary nitrogens is 1. The first-order chi connectivity index (χ1) is 12.3. The SMILES string of the molecule is N#Cc1ccsc1NC(=O)CC[NH2+][C@H](c1ccccc1)c1cccs1. The van der Waals surface area contributed by atoms with Gasteiger partial charge in [0.05, 0.1) is 23.4 Å². The summed E-state index contributed by atoms with van der Waals surface area (Å²) in [5, 5.41) is 18.5. The van der Waals surface area contributed by atoms with E-state index in [-0.39, 0.29) is 11.9 Å². The van der Waals surface area contributed by atoms with Crippen LogP contribution in [0.5, 0.6) is 0 Å². The third kappa shape index (κ3) is 4.54. The van der Waals surface area contributed by atoms with Crippen molar-refractivity contribution in [1.29, 1.82) is 5.26 Å². The lowest BCUT2D eigenvalue weighted by molar-refractivity contribution is -0.685. The molecular weight excluding hydrogens is 350 g/mol. The molecule has 4 nitrogen and oxygen atoms in total. The largest absolute Gasteiger partial charge is 0.335 e. The molecule has 2 aromatic heterocycles. The fourth-order valence-corrected chi connectivity index (χ4v) is 4.21. The first kappa shape index (κ1) is 17.4. The highest BCUT2D eigenvalue weighted by Gasteiger charge is 2.18. The van der Waals surface area contributed by atoms with Crippen LogP contribution in [0, 0.1) is 11.3 Å². The van der Waals surface area contributed by atoms with E-state index in [0.29, 0.717) is 23.5 Å². The Hall–Kier alpha value is -2.46. The van der Waals surface area contributed by atoms with Crippen LogP contribution in [-0.4, -0.2) is 12.5 Å². The van der Waals surface area contributed by atoms with Crippen molar-refractivity contribution in [2.45, 2.75) is 12.5 Å². The summed E-state index contributed by atoms with van der Waals surface area (Å²) >= 11 is 3.10. The van der Waals surface area contributed by atoms with Gasteiger partial charge >= 0.3 is 0 Å². The molecule has 1 amide bonds. The molecule has 0 radical (unpaired) electrons. The van der Waals surface area contributed by atoms with Crippen LogP contribution in [0.2, 0.25) is 0 Å². The number of carbonyl (C=O) groups is 1. The molecule has 3 N–H and O–H groups in total. The van der Waals surface area contributed by atoms with E-state index in [9.17, 15) is 4.79 Å². The van der Waals surface area contributed by atoms with Crippen LogP contribution in [0.1, 0.15) is 28.5 Å². The Morgan fingerprint density at radius 3 is 2.68 bits per heavy atom. The molecule has 0 spiro atoms. The van der Waals surface area contributed by atoms with Crippen molar-refractivity contribution < 1.29 is 10.1 Å². The number of amides is 1. The lowest BCUT2D eigenvalue weighted by Gasteiger charge is -2.14. The smallest absolute Gasteiger partial charge is 0.230 e. The molecule has 0 saturated carbocycles. The molecule has 0 aliphatic heterocycles. The molecule has 1 atom stereocenters. The number of nitrogens with one attached hydrogen (secondary N) is 1. The topological polar surface area (TPSA) is 69.5 Å². The Morgan fingerprint density at radius 1 is 1.12 bits per heavy atom. The van der Waals surface area contributed by atoms with Crippen LogP contribution in [0.25, 0.3) is 0 Å². The third-order valence-corrected chi connectivity index (χ3v) is 5.61. The summed E-state index contributed by atoms with van der Waals surface area (Å²) in [5.74, 6) is -0.0619. The molecule has 3 aromatic rings. The Kier molecular flexibility index (Phi) is 5.96. The van der Waals surface area contributed by atoms with Crippen LogP contribution in [0.4, 0.5) is 5.00 Å². The summed E-state index contributed by atoms with van der Waals surface area (Å²) in [6.45, 7) is 0.677. The minimum Gasteiger partial charge on any atom is -0.335 e. The number of thiophene rings is 2. The van der Waals surface area contributed by atoms with Crippen molar-refractivity contribution >= 4 is 33.6 Å². The van der Waals surface area contributed by atoms with Crippen molar-refractivity contribution in [3.63, 3.8) is 0 Å². The van der Waals surface area contributed by atoms with Crippen molar-refractivity contribution in [3.8, 4) is 6.07 Å². The van der Waals surface area contributed by atoms with Gasteiger partial charge in [-0.1, -0.05) is 36.4 Å². The molecule has 0 unspecified atom stereocenters. The van der Waals surface area contributed by atoms with Crippen molar-refractivity contribution in [3.05, 3.63) is 75.3 Å². The molecule has 2 heterocycles. The molecule has 0 aliphatic rings. The van der Waals surface area contributed by atoms with E-state index < -0.39 is 0 Å². The van der Waals surface area contributed by atoms with Crippen LogP contribution in [-0.2, 0) is 4.79 Å². The van der Waals surface area contributed by atoms with E-state index >= 15 is 0 Å². The molecule has 1 aromatic carbocycles. The van der Waals surface area contributed by atoms with E-state index in [0.717, 1.165) is 0 Å². The second-order valence-electron chi connectivity index (χ2n) is 5.50. The zero-order valence-corrected chi connectivity index (χ0v) is 15.1. The summed E-state index contributed by atoms with van der Waals surface area (Å²) in [4.78, 5) is 13.4. The summed E-state index contributed by atoms with van der Waals surface area (Å²) in [6, 6.07) is 18.5. The number of nitriles is 1. The van der Waals surface area contributed by atoms with E-state index in [1.54, 1.807) is 17.4 Å². The zero-order chi connectivity index (χ0) is 17.5. The van der Waals surface area contributed by atoms with Gasteiger partial charge in [-0.3, -0.25) is 4.79 Å². The van der Waals surface area contributed by atoms with Gasteiger partial charge < -0.3 is 10.6 Å². The Morgan fingerprint density at radius 2 is 1.96 bits per heavy atom. The summed E-state index contributed by atoms with van der Waals surface area (Å²) in [5.41, 5.74) is 1.75. The van der Waals surface area contributed by atoms with Gasteiger partial charge in [0.2, 0.25) is 5.91 Å². The number of hydrogen-bond acceptors (Lipinski definition) is 4. The predicted octanol–water partition coefficient (Wildman–Crippen LogP) is 3.36. The average Bonchev–Trinajstić information content (AvgIpc) is 3.31. The number of carbonyl (C=O) groups excluding carboxylic acids is 1. The highest BCUT2D eigenvalue weighted by Crippen LogP contribution is 2.23. The predicted molar refractivity (Wildman–Crippen MR) is 102 cm³/mol. The first-order valence-corrected chi connectivity index (χ1v) is 9.73. The van der Waals surface area contributed by atoms with Gasteiger partial charge in [-0.05, 0) is 22.9 Å². The number of hydrogen-bond donors (Lipinski definition) is 2. The maximum atomic E-state index is 12.2. The van der Waals surface area contributed by atoms with Gasteiger partial charge in [0, 0.05) is 5.56 Å². The fourth-order valence-electron chi connectivity index (χ4n) is 2.61.